The zero-order valence-electron chi connectivity index (χ0n) is 15.4. The van der Waals surface area contributed by atoms with Gasteiger partial charge in [0.2, 0.25) is 0 Å². The maximum absolute atomic E-state index is 11.5. The summed E-state index contributed by atoms with van der Waals surface area (Å²) in [5, 5.41) is 0.0767. The standard InChI is InChI=1S/C20H20N4O3S/c1-28(25,26)20-7-4-17(10-23-20)16-2-5-18(6-3-16)27-19-12-24(13-19)11-15-8-21-14-22-9-15/h2-10,14,19H,11-13H2,1H3. The van der Waals surface area contributed by atoms with Crippen LogP contribution in [-0.4, -0.2) is 53.7 Å². The lowest BCUT2D eigenvalue weighted by Gasteiger charge is -2.38. The molecule has 1 aromatic carbocycles. The Morgan fingerprint density at radius 3 is 2.29 bits per heavy atom. The van der Waals surface area contributed by atoms with Crippen molar-refractivity contribution in [3.8, 4) is 16.9 Å². The monoisotopic (exact) mass is 396 g/mol. The van der Waals surface area contributed by atoms with E-state index in [9.17, 15) is 8.42 Å². The Labute approximate surface area is 164 Å². The van der Waals surface area contributed by atoms with Gasteiger partial charge < -0.3 is 4.74 Å². The van der Waals surface area contributed by atoms with Crippen molar-refractivity contribution in [3.05, 3.63) is 66.9 Å². The van der Waals surface area contributed by atoms with E-state index in [2.05, 4.69) is 19.9 Å². The fraction of sp³-hybridized carbons (Fsp3) is 0.250. The molecule has 0 aliphatic carbocycles. The molecule has 1 aliphatic heterocycles. The molecule has 0 N–H and O–H groups in total. The summed E-state index contributed by atoms with van der Waals surface area (Å²) in [7, 11) is -3.29. The van der Waals surface area contributed by atoms with E-state index in [1.165, 1.54) is 12.4 Å². The van der Waals surface area contributed by atoms with Crippen LogP contribution in [0.2, 0.25) is 0 Å². The van der Waals surface area contributed by atoms with Gasteiger partial charge in [0.1, 0.15) is 18.2 Å². The lowest BCUT2D eigenvalue weighted by molar-refractivity contribution is 0.0144. The van der Waals surface area contributed by atoms with Gasteiger partial charge in [0.15, 0.2) is 14.9 Å². The lowest BCUT2D eigenvalue weighted by Crippen LogP contribution is -2.53. The van der Waals surface area contributed by atoms with Crippen LogP contribution in [0.1, 0.15) is 5.56 Å². The van der Waals surface area contributed by atoms with E-state index in [1.807, 2.05) is 36.7 Å². The minimum Gasteiger partial charge on any atom is -0.488 e. The Hall–Kier alpha value is -2.84. The summed E-state index contributed by atoms with van der Waals surface area (Å²) in [6.45, 7) is 2.57. The van der Waals surface area contributed by atoms with Gasteiger partial charge >= 0.3 is 0 Å². The Morgan fingerprint density at radius 1 is 1.00 bits per heavy atom. The van der Waals surface area contributed by atoms with Crippen LogP contribution in [0.25, 0.3) is 11.1 Å². The molecule has 3 aromatic rings. The number of rotatable bonds is 6. The molecule has 1 fully saturated rings. The van der Waals surface area contributed by atoms with Crippen molar-refractivity contribution in [2.75, 3.05) is 19.3 Å². The minimum absolute atomic E-state index is 0.0767. The van der Waals surface area contributed by atoms with Crippen molar-refractivity contribution in [1.82, 2.24) is 19.9 Å². The summed E-state index contributed by atoms with van der Waals surface area (Å²) in [6.07, 6.45) is 8.09. The van der Waals surface area contributed by atoms with E-state index < -0.39 is 9.84 Å². The number of nitrogens with zero attached hydrogens (tertiary/aromatic N) is 4. The quantitative estimate of drug-likeness (QED) is 0.631. The highest BCUT2D eigenvalue weighted by atomic mass is 32.2. The summed E-state index contributed by atoms with van der Waals surface area (Å²) in [4.78, 5) is 14.4. The fourth-order valence-electron chi connectivity index (χ4n) is 3.08. The van der Waals surface area contributed by atoms with Crippen LogP contribution in [-0.2, 0) is 16.4 Å². The van der Waals surface area contributed by atoms with Crippen LogP contribution in [0, 0.1) is 0 Å². The highest BCUT2D eigenvalue weighted by Gasteiger charge is 2.28. The molecular weight excluding hydrogens is 376 g/mol. The molecule has 1 saturated heterocycles. The third-order valence-electron chi connectivity index (χ3n) is 4.55. The zero-order valence-corrected chi connectivity index (χ0v) is 16.2. The molecule has 0 atom stereocenters. The number of pyridine rings is 1. The zero-order chi connectivity index (χ0) is 19.6. The molecule has 28 heavy (non-hydrogen) atoms. The highest BCUT2D eigenvalue weighted by Crippen LogP contribution is 2.25. The minimum atomic E-state index is -3.29. The Balaban J connectivity index is 1.32. The molecular formula is C20H20N4O3S. The van der Waals surface area contributed by atoms with E-state index in [-0.39, 0.29) is 11.1 Å². The first kappa shape index (κ1) is 18.5. The first-order valence-electron chi connectivity index (χ1n) is 8.87. The van der Waals surface area contributed by atoms with Crippen molar-refractivity contribution >= 4 is 9.84 Å². The molecule has 8 heteroatoms. The SMILES string of the molecule is CS(=O)(=O)c1ccc(-c2ccc(OC3CN(Cc4cncnc4)C3)cc2)cn1. The van der Waals surface area contributed by atoms with E-state index >= 15 is 0 Å². The second kappa shape index (κ2) is 7.65. The van der Waals surface area contributed by atoms with Gasteiger partial charge in [-0.3, -0.25) is 4.90 Å². The van der Waals surface area contributed by atoms with Crippen molar-refractivity contribution in [1.29, 1.82) is 0 Å². The second-order valence-electron chi connectivity index (χ2n) is 6.86. The van der Waals surface area contributed by atoms with Gasteiger partial charge in [-0.2, -0.15) is 0 Å². The first-order chi connectivity index (χ1) is 13.5. The maximum Gasteiger partial charge on any atom is 0.192 e. The molecule has 0 radical (unpaired) electrons. The van der Waals surface area contributed by atoms with Gasteiger partial charge in [-0.25, -0.2) is 23.4 Å². The van der Waals surface area contributed by atoms with E-state index in [0.717, 1.165) is 48.3 Å². The normalized spacial score (nSPS) is 15.2. The van der Waals surface area contributed by atoms with E-state index in [1.54, 1.807) is 12.3 Å². The number of benzene rings is 1. The molecule has 2 aromatic heterocycles. The number of sulfone groups is 1. The molecule has 0 amide bonds. The molecule has 7 nitrogen and oxygen atoms in total. The molecule has 4 rings (SSSR count). The summed E-state index contributed by atoms with van der Waals surface area (Å²) >= 11 is 0. The summed E-state index contributed by atoms with van der Waals surface area (Å²) < 4.78 is 29.0. The Kier molecular flexibility index (Phi) is 5.06. The molecule has 0 unspecified atom stereocenters. The van der Waals surface area contributed by atoms with Crippen molar-refractivity contribution in [2.45, 2.75) is 17.7 Å². The smallest absolute Gasteiger partial charge is 0.192 e. The second-order valence-corrected chi connectivity index (χ2v) is 8.82. The average molecular weight is 396 g/mol. The van der Waals surface area contributed by atoms with Crippen LogP contribution in [0.15, 0.2) is 66.3 Å². The van der Waals surface area contributed by atoms with Crippen molar-refractivity contribution < 1.29 is 13.2 Å². The van der Waals surface area contributed by atoms with Gasteiger partial charge in [-0.1, -0.05) is 12.1 Å². The van der Waals surface area contributed by atoms with E-state index in [4.69, 9.17) is 4.74 Å². The van der Waals surface area contributed by atoms with Crippen LogP contribution in [0.3, 0.4) is 0 Å². The van der Waals surface area contributed by atoms with Crippen LogP contribution in [0.4, 0.5) is 0 Å². The molecule has 144 valence electrons. The van der Waals surface area contributed by atoms with Crippen LogP contribution >= 0.6 is 0 Å². The van der Waals surface area contributed by atoms with Crippen LogP contribution in [0.5, 0.6) is 5.75 Å². The number of hydrogen-bond acceptors (Lipinski definition) is 7. The molecule has 0 bridgehead atoms. The third-order valence-corrected chi connectivity index (χ3v) is 5.55. The first-order valence-corrected chi connectivity index (χ1v) is 10.8. The van der Waals surface area contributed by atoms with Crippen molar-refractivity contribution in [2.24, 2.45) is 0 Å². The topological polar surface area (TPSA) is 85.3 Å². The van der Waals surface area contributed by atoms with Crippen molar-refractivity contribution in [3.63, 3.8) is 0 Å². The van der Waals surface area contributed by atoms with Gasteiger partial charge in [-0.05, 0) is 29.8 Å². The number of hydrogen-bond donors (Lipinski definition) is 0. The van der Waals surface area contributed by atoms with Gasteiger partial charge in [0.25, 0.3) is 0 Å². The number of likely N-dealkylation sites (tertiary alicyclic amines) is 1. The average Bonchev–Trinajstić information content (AvgIpc) is 2.67. The predicted molar refractivity (Wildman–Crippen MR) is 105 cm³/mol. The predicted octanol–water partition coefficient (Wildman–Crippen LogP) is 2.21. The van der Waals surface area contributed by atoms with E-state index in [0.29, 0.717) is 0 Å². The van der Waals surface area contributed by atoms with Gasteiger partial charge in [0.05, 0.1) is 0 Å². The Morgan fingerprint density at radius 2 is 1.68 bits per heavy atom. The van der Waals surface area contributed by atoms with Gasteiger partial charge in [0, 0.05) is 55.6 Å². The number of aromatic nitrogens is 3. The largest absolute Gasteiger partial charge is 0.488 e. The molecule has 1 aliphatic rings. The Bertz CT molecular complexity index is 1030. The third kappa shape index (κ3) is 4.35. The summed E-state index contributed by atoms with van der Waals surface area (Å²) in [5.41, 5.74) is 2.92. The maximum atomic E-state index is 11.5. The fourth-order valence-corrected chi connectivity index (χ4v) is 3.64. The van der Waals surface area contributed by atoms with Gasteiger partial charge in [-0.15, -0.1) is 0 Å². The van der Waals surface area contributed by atoms with Crippen LogP contribution < -0.4 is 4.74 Å². The summed E-state index contributed by atoms with van der Waals surface area (Å²) in [6, 6.07) is 11.0. The highest BCUT2D eigenvalue weighted by molar-refractivity contribution is 7.90. The molecule has 0 saturated carbocycles. The number of ether oxygens (including phenoxy) is 1. The molecule has 3 heterocycles. The lowest BCUT2D eigenvalue weighted by atomic mass is 10.1. The molecule has 0 spiro atoms. The summed E-state index contributed by atoms with van der Waals surface area (Å²) in [5.74, 6) is 0.817.